The van der Waals surface area contributed by atoms with Gasteiger partial charge in [0.15, 0.2) is 0 Å². The lowest BCUT2D eigenvalue weighted by molar-refractivity contribution is -0.127. The van der Waals surface area contributed by atoms with Crippen molar-refractivity contribution in [1.82, 2.24) is 14.6 Å². The van der Waals surface area contributed by atoms with Crippen LogP contribution in [0.1, 0.15) is 29.9 Å². The monoisotopic (exact) mass is 549 g/mol. The second-order valence-electron chi connectivity index (χ2n) is 9.15. The number of benzene rings is 3. The molecule has 1 N–H and O–H groups in total. The summed E-state index contributed by atoms with van der Waals surface area (Å²) >= 11 is 6.13. The van der Waals surface area contributed by atoms with Gasteiger partial charge in [-0.25, -0.2) is 23.1 Å². The maximum atomic E-state index is 13.3. The number of nitrogens with one attached hydrogen (secondary N) is 1. The topological polar surface area (TPSA) is 94.4 Å². The number of likely N-dealkylation sites (tertiary alicyclic amines) is 1. The number of hydrazone groups is 1. The van der Waals surface area contributed by atoms with Crippen molar-refractivity contribution in [3.63, 3.8) is 0 Å². The predicted molar refractivity (Wildman–Crippen MR) is 149 cm³/mol. The average Bonchev–Trinajstić information content (AvgIpc) is 3.56. The van der Waals surface area contributed by atoms with Gasteiger partial charge in [-0.1, -0.05) is 72.3 Å². The average molecular weight is 550 g/mol. The smallest absolute Gasteiger partial charge is 0.264 e. The van der Waals surface area contributed by atoms with Crippen molar-refractivity contribution in [2.45, 2.75) is 23.7 Å². The third-order valence-electron chi connectivity index (χ3n) is 6.58. The van der Waals surface area contributed by atoms with E-state index in [2.05, 4.69) is 9.71 Å². The van der Waals surface area contributed by atoms with Gasteiger partial charge in [0, 0.05) is 30.5 Å². The highest BCUT2D eigenvalue weighted by Gasteiger charge is 2.33. The minimum Gasteiger partial charge on any atom is -0.341 e. The number of rotatable bonds is 7. The van der Waals surface area contributed by atoms with E-state index in [1.165, 1.54) is 12.1 Å². The maximum Gasteiger partial charge on any atom is 0.264 e. The Morgan fingerprint density at radius 2 is 1.68 bits per heavy atom. The molecular formula is C28H28ClN5O3S. The van der Waals surface area contributed by atoms with E-state index in [4.69, 9.17) is 16.7 Å². The number of sulfonamides is 1. The van der Waals surface area contributed by atoms with Crippen LogP contribution in [-0.4, -0.2) is 62.1 Å². The maximum absolute atomic E-state index is 13.3. The quantitative estimate of drug-likeness (QED) is 0.354. The summed E-state index contributed by atoms with van der Waals surface area (Å²) in [4.78, 5) is 18.6. The normalized spacial score (nSPS) is 18.1. The molecule has 1 fully saturated rings. The van der Waals surface area contributed by atoms with Gasteiger partial charge in [0.05, 0.1) is 23.7 Å². The highest BCUT2D eigenvalue weighted by Crippen LogP contribution is 2.29. The summed E-state index contributed by atoms with van der Waals surface area (Å²) in [7, 11) is -3.92. The van der Waals surface area contributed by atoms with Crippen molar-refractivity contribution in [1.29, 1.82) is 0 Å². The molecule has 8 nitrogen and oxygen atoms in total. The summed E-state index contributed by atoms with van der Waals surface area (Å²) in [6.45, 7) is 1.74. The molecule has 5 rings (SSSR count). The first kappa shape index (κ1) is 25.9. The van der Waals surface area contributed by atoms with Crippen molar-refractivity contribution >= 4 is 39.2 Å². The Hall–Kier alpha value is -3.69. The van der Waals surface area contributed by atoms with E-state index < -0.39 is 10.0 Å². The Balaban J connectivity index is 1.49. The number of halogens is 1. The van der Waals surface area contributed by atoms with Crippen LogP contribution in [0.5, 0.6) is 0 Å². The summed E-state index contributed by atoms with van der Waals surface area (Å²) in [5.74, 6) is 0.0920. The molecule has 2 aliphatic rings. The number of amides is 1. The highest BCUT2D eigenvalue weighted by molar-refractivity contribution is 7.90. The van der Waals surface area contributed by atoms with Crippen LogP contribution in [0.2, 0.25) is 5.02 Å². The van der Waals surface area contributed by atoms with E-state index in [0.29, 0.717) is 31.1 Å². The Morgan fingerprint density at radius 3 is 2.34 bits per heavy atom. The Kier molecular flexibility index (Phi) is 7.76. The fraction of sp³-hybridized carbons (Fsp3) is 0.250. The van der Waals surface area contributed by atoms with Crippen LogP contribution in [0.4, 0.5) is 0 Å². The fourth-order valence-corrected chi connectivity index (χ4v) is 5.79. The molecule has 0 radical (unpaired) electrons. The number of carbonyl (C=O) groups is 1. The molecule has 196 valence electrons. The summed E-state index contributed by atoms with van der Waals surface area (Å²) < 4.78 is 29.2. The molecule has 3 aromatic carbocycles. The first-order chi connectivity index (χ1) is 18.4. The summed E-state index contributed by atoms with van der Waals surface area (Å²) in [5, 5.41) is 7.08. The molecule has 2 aliphatic heterocycles. The van der Waals surface area contributed by atoms with Gasteiger partial charge in [0.25, 0.3) is 10.0 Å². The van der Waals surface area contributed by atoms with Crippen molar-refractivity contribution in [2.75, 3.05) is 26.2 Å². The lowest BCUT2D eigenvalue weighted by Gasteiger charge is -2.20. The zero-order chi connectivity index (χ0) is 26.5. The number of guanidine groups is 1. The van der Waals surface area contributed by atoms with Crippen molar-refractivity contribution in [2.24, 2.45) is 10.1 Å². The van der Waals surface area contributed by atoms with E-state index in [-0.39, 0.29) is 29.2 Å². The van der Waals surface area contributed by atoms with Gasteiger partial charge >= 0.3 is 0 Å². The minimum absolute atomic E-state index is 0.0972. The molecule has 3 aromatic rings. The van der Waals surface area contributed by atoms with Crippen LogP contribution in [-0.2, 0) is 14.8 Å². The molecule has 1 amide bonds. The van der Waals surface area contributed by atoms with E-state index in [1.54, 1.807) is 28.1 Å². The van der Waals surface area contributed by atoms with Crippen LogP contribution >= 0.6 is 11.6 Å². The molecular weight excluding hydrogens is 522 g/mol. The van der Waals surface area contributed by atoms with Gasteiger partial charge in [-0.3, -0.25) is 4.79 Å². The SMILES string of the molecule is O=C1CCCN1CCN=C(NS(=O)(=O)c1ccccc1)N1CC(c2ccccc2)C(c2ccc(Cl)cc2)=N1. The van der Waals surface area contributed by atoms with Gasteiger partial charge in [-0.2, -0.15) is 5.10 Å². The van der Waals surface area contributed by atoms with Crippen molar-refractivity contribution < 1.29 is 13.2 Å². The van der Waals surface area contributed by atoms with E-state index in [0.717, 1.165) is 23.3 Å². The van der Waals surface area contributed by atoms with Gasteiger partial charge in [0.2, 0.25) is 11.9 Å². The van der Waals surface area contributed by atoms with Crippen LogP contribution in [0.3, 0.4) is 0 Å². The van der Waals surface area contributed by atoms with Crippen LogP contribution < -0.4 is 4.72 Å². The highest BCUT2D eigenvalue weighted by atomic mass is 35.5. The van der Waals surface area contributed by atoms with Crippen LogP contribution in [0.25, 0.3) is 0 Å². The standard InChI is InChI=1S/C28H28ClN5O3S/c29-23-15-13-22(14-16-23)27-25(21-8-3-1-4-9-21)20-34(31-27)28(30-17-19-33-18-7-12-26(33)35)32-38(36,37)24-10-5-2-6-11-24/h1-6,8-11,13-16,25H,7,12,17-20H2,(H,30,32). The lowest BCUT2D eigenvalue weighted by Crippen LogP contribution is -2.42. The van der Waals surface area contributed by atoms with Crippen LogP contribution in [0.15, 0.2) is 99.9 Å². The number of carbonyl (C=O) groups excluding carboxylic acids is 1. The summed E-state index contributed by atoms with van der Waals surface area (Å²) in [6.07, 6.45) is 1.37. The fourth-order valence-electron chi connectivity index (χ4n) is 4.62. The molecule has 2 heterocycles. The zero-order valence-electron chi connectivity index (χ0n) is 20.7. The van der Waals surface area contributed by atoms with Gasteiger partial charge in [-0.05, 0) is 41.8 Å². The second-order valence-corrected chi connectivity index (χ2v) is 11.3. The van der Waals surface area contributed by atoms with Gasteiger partial charge in [-0.15, -0.1) is 0 Å². The largest absolute Gasteiger partial charge is 0.341 e. The second kappa shape index (κ2) is 11.4. The van der Waals surface area contributed by atoms with Crippen molar-refractivity contribution in [3.05, 3.63) is 101 Å². The number of aliphatic imine (C=N–C) groups is 1. The molecule has 0 saturated carbocycles. The first-order valence-electron chi connectivity index (χ1n) is 12.5. The molecule has 10 heteroatoms. The first-order valence-corrected chi connectivity index (χ1v) is 14.3. The third kappa shape index (κ3) is 5.89. The Labute approximate surface area is 227 Å². The molecule has 0 bridgehead atoms. The molecule has 1 saturated heterocycles. The molecule has 0 aromatic heterocycles. The lowest BCUT2D eigenvalue weighted by atomic mass is 9.91. The Morgan fingerprint density at radius 1 is 1.00 bits per heavy atom. The summed E-state index contributed by atoms with van der Waals surface area (Å²) in [6, 6.07) is 25.5. The van der Waals surface area contributed by atoms with E-state index in [1.807, 2.05) is 54.6 Å². The summed E-state index contributed by atoms with van der Waals surface area (Å²) in [5.41, 5.74) is 2.73. The predicted octanol–water partition coefficient (Wildman–Crippen LogP) is 4.10. The van der Waals surface area contributed by atoms with E-state index >= 15 is 0 Å². The van der Waals surface area contributed by atoms with Crippen LogP contribution in [0, 0.1) is 0 Å². The van der Waals surface area contributed by atoms with Gasteiger partial charge < -0.3 is 4.90 Å². The number of nitrogens with zero attached hydrogens (tertiary/aromatic N) is 4. The molecule has 1 atom stereocenters. The number of hydrogen-bond acceptors (Lipinski definition) is 5. The van der Waals surface area contributed by atoms with Gasteiger partial charge in [0.1, 0.15) is 0 Å². The molecule has 0 spiro atoms. The molecule has 38 heavy (non-hydrogen) atoms. The number of hydrogen-bond donors (Lipinski definition) is 1. The Bertz CT molecular complexity index is 1440. The van der Waals surface area contributed by atoms with Crippen molar-refractivity contribution in [3.8, 4) is 0 Å². The molecule has 0 aliphatic carbocycles. The third-order valence-corrected chi connectivity index (χ3v) is 8.18. The molecule has 1 unspecified atom stereocenters. The minimum atomic E-state index is -3.92. The van der Waals surface area contributed by atoms with E-state index in [9.17, 15) is 13.2 Å². The zero-order valence-corrected chi connectivity index (χ0v) is 22.3.